The molecule has 0 saturated carbocycles. The van der Waals surface area contributed by atoms with Crippen LogP contribution in [0.2, 0.25) is 0 Å². The molecule has 0 radical (unpaired) electrons. The van der Waals surface area contributed by atoms with Crippen LogP contribution in [0.3, 0.4) is 0 Å². The minimum atomic E-state index is 1.02. The normalized spacial score (nSPS) is 10.4. The summed E-state index contributed by atoms with van der Waals surface area (Å²) in [6, 6.07) is 8.06. The fraction of sp³-hybridized carbons (Fsp3) is 0.125. The van der Waals surface area contributed by atoms with E-state index < -0.39 is 0 Å². The molecule has 3 heteroatoms. The van der Waals surface area contributed by atoms with Crippen molar-refractivity contribution < 1.29 is 0 Å². The minimum Gasteiger partial charge on any atom is -0.279 e. The van der Waals surface area contributed by atoms with Gasteiger partial charge in [0, 0.05) is 9.78 Å². The van der Waals surface area contributed by atoms with E-state index in [2.05, 4.69) is 33.1 Å². The van der Waals surface area contributed by atoms with E-state index >= 15 is 0 Å². The Morgan fingerprint density at radius 3 is 2.55 bits per heavy atom. The summed E-state index contributed by atoms with van der Waals surface area (Å²) in [6.07, 6.45) is 1.72. The molecule has 0 spiro atoms. The summed E-state index contributed by atoms with van der Waals surface area (Å²) >= 11 is 2.27. The van der Waals surface area contributed by atoms with Gasteiger partial charge in [0.15, 0.2) is 0 Å². The zero-order valence-electron chi connectivity index (χ0n) is 6.21. The van der Waals surface area contributed by atoms with E-state index in [-0.39, 0.29) is 0 Å². The van der Waals surface area contributed by atoms with E-state index in [0.29, 0.717) is 0 Å². The monoisotopic (exact) mass is 260 g/mol. The maximum atomic E-state index is 3.89. The second kappa shape index (κ2) is 4.33. The minimum absolute atomic E-state index is 1.02. The van der Waals surface area contributed by atoms with Crippen molar-refractivity contribution in [1.82, 2.24) is 0 Å². The van der Waals surface area contributed by atoms with Crippen LogP contribution in [-0.4, -0.2) is 6.21 Å². The third kappa shape index (κ3) is 2.88. The number of nitrogens with one attached hydrogen (secondary N) is 1. The van der Waals surface area contributed by atoms with Crippen molar-refractivity contribution in [1.29, 1.82) is 0 Å². The number of hydrogen-bond acceptors (Lipinski definition) is 2. The van der Waals surface area contributed by atoms with Gasteiger partial charge in [-0.3, -0.25) is 5.43 Å². The first kappa shape index (κ1) is 8.52. The average molecular weight is 260 g/mol. The lowest BCUT2D eigenvalue weighted by Crippen LogP contribution is -1.86. The van der Waals surface area contributed by atoms with Crippen molar-refractivity contribution in [2.45, 2.75) is 6.92 Å². The molecule has 0 aliphatic heterocycles. The molecule has 0 saturated heterocycles. The Morgan fingerprint density at radius 2 is 2.00 bits per heavy atom. The van der Waals surface area contributed by atoms with Crippen LogP contribution < -0.4 is 5.43 Å². The largest absolute Gasteiger partial charge is 0.279 e. The lowest BCUT2D eigenvalue weighted by Gasteiger charge is -1.97. The number of nitrogens with zero attached hydrogens (tertiary/aromatic N) is 1. The van der Waals surface area contributed by atoms with Crippen molar-refractivity contribution in [2.24, 2.45) is 5.10 Å². The number of anilines is 1. The van der Waals surface area contributed by atoms with Gasteiger partial charge in [0.1, 0.15) is 0 Å². The van der Waals surface area contributed by atoms with Crippen LogP contribution in [0, 0.1) is 3.57 Å². The van der Waals surface area contributed by atoms with Gasteiger partial charge in [-0.2, -0.15) is 5.10 Å². The predicted octanol–water partition coefficient (Wildman–Crippen LogP) is 2.71. The molecular weight excluding hydrogens is 251 g/mol. The highest BCUT2D eigenvalue weighted by Crippen LogP contribution is 2.10. The fourth-order valence-corrected chi connectivity index (χ4v) is 1.02. The summed E-state index contributed by atoms with van der Waals surface area (Å²) in [5.41, 5.74) is 3.90. The van der Waals surface area contributed by atoms with Crippen LogP contribution in [0.15, 0.2) is 29.4 Å². The van der Waals surface area contributed by atoms with Crippen molar-refractivity contribution in [2.75, 3.05) is 5.43 Å². The molecule has 0 aliphatic rings. The standard InChI is InChI=1S/C8H9IN2/c1-2-10-11-8-5-3-7(9)4-6-8/h2-6,11H,1H3/b10-2-. The molecule has 1 rings (SSSR count). The molecule has 58 valence electrons. The molecule has 0 amide bonds. The highest BCUT2D eigenvalue weighted by molar-refractivity contribution is 14.1. The Morgan fingerprint density at radius 1 is 1.36 bits per heavy atom. The molecular formula is C8H9IN2. The Labute approximate surface area is 79.8 Å². The lowest BCUT2D eigenvalue weighted by atomic mass is 10.3. The van der Waals surface area contributed by atoms with Crippen molar-refractivity contribution in [3.05, 3.63) is 27.8 Å². The van der Waals surface area contributed by atoms with Gasteiger partial charge in [-0.25, -0.2) is 0 Å². The van der Waals surface area contributed by atoms with Gasteiger partial charge in [0.05, 0.1) is 5.69 Å². The number of halogens is 1. The first-order valence-electron chi connectivity index (χ1n) is 3.32. The highest BCUT2D eigenvalue weighted by atomic mass is 127. The van der Waals surface area contributed by atoms with Crippen LogP contribution in [0.25, 0.3) is 0 Å². The van der Waals surface area contributed by atoms with E-state index in [1.807, 2.05) is 31.2 Å². The Bertz CT molecular complexity index is 241. The second-order valence-electron chi connectivity index (χ2n) is 2.01. The molecule has 2 nitrogen and oxygen atoms in total. The summed E-state index contributed by atoms with van der Waals surface area (Å²) in [7, 11) is 0. The average Bonchev–Trinajstić information content (AvgIpc) is 2.04. The number of benzene rings is 1. The zero-order chi connectivity index (χ0) is 8.10. The first-order valence-corrected chi connectivity index (χ1v) is 4.40. The van der Waals surface area contributed by atoms with Gasteiger partial charge in [-0.05, 0) is 53.8 Å². The lowest BCUT2D eigenvalue weighted by molar-refractivity contribution is 1.34. The Hall–Kier alpha value is -0.580. The predicted molar refractivity (Wildman–Crippen MR) is 56.9 cm³/mol. The Balaban J connectivity index is 2.66. The molecule has 0 aliphatic carbocycles. The summed E-state index contributed by atoms with van der Waals surface area (Å²) in [5, 5.41) is 3.89. The van der Waals surface area contributed by atoms with Crippen molar-refractivity contribution in [3.63, 3.8) is 0 Å². The summed E-state index contributed by atoms with van der Waals surface area (Å²) in [6.45, 7) is 1.87. The molecule has 0 bridgehead atoms. The zero-order valence-corrected chi connectivity index (χ0v) is 8.37. The SMILES string of the molecule is C/C=N\Nc1ccc(I)cc1. The van der Waals surface area contributed by atoms with Crippen molar-refractivity contribution >= 4 is 34.5 Å². The van der Waals surface area contributed by atoms with E-state index in [1.54, 1.807) is 6.21 Å². The Kier molecular flexibility index (Phi) is 3.35. The van der Waals surface area contributed by atoms with Gasteiger partial charge in [0.25, 0.3) is 0 Å². The maximum Gasteiger partial charge on any atom is 0.0562 e. The third-order valence-electron chi connectivity index (χ3n) is 1.17. The number of hydrazone groups is 1. The van der Waals surface area contributed by atoms with E-state index in [4.69, 9.17) is 0 Å². The number of hydrogen-bond donors (Lipinski definition) is 1. The molecule has 0 atom stereocenters. The van der Waals surface area contributed by atoms with Gasteiger partial charge in [0.2, 0.25) is 0 Å². The smallest absolute Gasteiger partial charge is 0.0562 e. The first-order chi connectivity index (χ1) is 5.33. The van der Waals surface area contributed by atoms with Crippen LogP contribution in [0.5, 0.6) is 0 Å². The summed E-state index contributed by atoms with van der Waals surface area (Å²) in [5.74, 6) is 0. The molecule has 1 aromatic rings. The van der Waals surface area contributed by atoms with E-state index in [0.717, 1.165) is 5.69 Å². The summed E-state index contributed by atoms with van der Waals surface area (Å²) in [4.78, 5) is 0. The van der Waals surface area contributed by atoms with E-state index in [1.165, 1.54) is 3.57 Å². The summed E-state index contributed by atoms with van der Waals surface area (Å²) < 4.78 is 1.23. The van der Waals surface area contributed by atoms with Gasteiger partial charge >= 0.3 is 0 Å². The second-order valence-corrected chi connectivity index (χ2v) is 3.25. The maximum absolute atomic E-state index is 3.89. The van der Waals surface area contributed by atoms with Crippen LogP contribution >= 0.6 is 22.6 Å². The molecule has 0 unspecified atom stereocenters. The highest BCUT2D eigenvalue weighted by Gasteiger charge is 1.87. The molecule has 0 fully saturated rings. The van der Waals surface area contributed by atoms with Gasteiger partial charge < -0.3 is 0 Å². The molecule has 1 aromatic carbocycles. The number of rotatable bonds is 2. The van der Waals surface area contributed by atoms with Crippen LogP contribution in [0.1, 0.15) is 6.92 Å². The van der Waals surface area contributed by atoms with Gasteiger partial charge in [-0.15, -0.1) is 0 Å². The third-order valence-corrected chi connectivity index (χ3v) is 1.89. The molecule has 11 heavy (non-hydrogen) atoms. The fourth-order valence-electron chi connectivity index (χ4n) is 0.664. The molecule has 1 N–H and O–H groups in total. The quantitative estimate of drug-likeness (QED) is 0.493. The molecule has 0 aromatic heterocycles. The van der Waals surface area contributed by atoms with Gasteiger partial charge in [-0.1, -0.05) is 0 Å². The van der Waals surface area contributed by atoms with Crippen LogP contribution in [-0.2, 0) is 0 Å². The topological polar surface area (TPSA) is 24.4 Å². The van der Waals surface area contributed by atoms with Crippen molar-refractivity contribution in [3.8, 4) is 0 Å². The van der Waals surface area contributed by atoms with Crippen LogP contribution in [0.4, 0.5) is 5.69 Å². The van der Waals surface area contributed by atoms with E-state index in [9.17, 15) is 0 Å². The molecule has 0 heterocycles.